The van der Waals surface area contributed by atoms with Crippen molar-refractivity contribution in [2.75, 3.05) is 9.80 Å². The molecular weight excluding hydrogens is 803 g/mol. The average molecular weight is 854 g/mol. The van der Waals surface area contributed by atoms with E-state index in [4.69, 9.17) is 4.42 Å². The zero-order valence-corrected chi connectivity index (χ0v) is 38.3. The van der Waals surface area contributed by atoms with Crippen LogP contribution < -0.4 is 9.80 Å². The molecule has 0 unspecified atom stereocenters. The third kappa shape index (κ3) is 6.27. The average Bonchev–Trinajstić information content (AvgIpc) is 3.98. The first kappa shape index (κ1) is 39.7. The zero-order valence-electron chi connectivity index (χ0n) is 38.3. The van der Waals surface area contributed by atoms with Crippen molar-refractivity contribution in [1.82, 2.24) is 4.40 Å². The lowest BCUT2D eigenvalue weighted by atomic mass is 9.87. The molecule has 0 aliphatic carbocycles. The smallest absolute Gasteiger partial charge is 0.163 e. The number of para-hydroxylation sites is 2. The molecule has 3 heterocycles. The maximum atomic E-state index is 7.19. The first-order valence-corrected chi connectivity index (χ1v) is 23.1. The normalized spacial score (nSPS) is 12.4. The Hall–Kier alpha value is -7.82. The first-order chi connectivity index (χ1) is 32.0. The monoisotopic (exact) mass is 853 g/mol. The van der Waals surface area contributed by atoms with Gasteiger partial charge in [-0.1, -0.05) is 169 Å². The summed E-state index contributed by atoms with van der Waals surface area (Å²) in [7, 11) is 0. The lowest BCUT2D eigenvalue weighted by Gasteiger charge is -2.28. The van der Waals surface area contributed by atoms with Crippen molar-refractivity contribution in [2.24, 2.45) is 0 Å². The molecule has 0 N–H and O–H groups in total. The summed E-state index contributed by atoms with van der Waals surface area (Å²) in [6, 6.07) is 73.2. The topological polar surface area (TPSA) is 24.0 Å². The number of fused-ring (bicyclic) bond motifs is 10. The van der Waals surface area contributed by atoms with Crippen LogP contribution in [0.25, 0.3) is 71.2 Å². The number of furan rings is 1. The van der Waals surface area contributed by atoms with Crippen LogP contribution in [0.3, 0.4) is 0 Å². The summed E-state index contributed by atoms with van der Waals surface area (Å²) < 4.78 is 9.71. The van der Waals surface area contributed by atoms with Gasteiger partial charge in [-0.2, -0.15) is 0 Å². The quantitative estimate of drug-likeness (QED) is 0.160. The van der Waals surface area contributed by atoms with Crippen LogP contribution in [0.15, 0.2) is 205 Å². The molecular formula is C62H51N3O. The zero-order chi connectivity index (χ0) is 44.9. The molecule has 0 saturated heterocycles. The SMILES string of the molecule is CC(C)(C)c1ccc(N(c2ccccc2)c2cc3c(c4ccccc24)c2ccc(N(c4ccccc4)c4ccc(C(C)(C)C)cc4)c4c5oc6ccc(-c7ccccc7)cc6c5n3c24)cc1. The van der Waals surface area contributed by atoms with Crippen LogP contribution in [0.1, 0.15) is 52.7 Å². The molecule has 0 saturated carbocycles. The molecule has 12 aromatic rings. The summed E-state index contributed by atoms with van der Waals surface area (Å²) >= 11 is 0. The van der Waals surface area contributed by atoms with E-state index < -0.39 is 0 Å². The number of anilines is 6. The second-order valence-corrected chi connectivity index (χ2v) is 19.8. The molecule has 4 heteroatoms. The maximum absolute atomic E-state index is 7.19. The fraction of sp³-hybridized carbons (Fsp3) is 0.129. The molecule has 0 aliphatic rings. The Balaban J connectivity index is 1.22. The minimum absolute atomic E-state index is 0.0272. The number of rotatable bonds is 7. The van der Waals surface area contributed by atoms with Gasteiger partial charge in [0.1, 0.15) is 11.1 Å². The molecule has 0 spiro atoms. The van der Waals surface area contributed by atoms with E-state index in [1.807, 2.05) is 0 Å². The van der Waals surface area contributed by atoms with E-state index in [1.54, 1.807) is 0 Å². The van der Waals surface area contributed by atoms with Gasteiger partial charge in [-0.25, -0.2) is 0 Å². The van der Waals surface area contributed by atoms with Crippen molar-refractivity contribution >= 4 is 94.2 Å². The van der Waals surface area contributed by atoms with Crippen molar-refractivity contribution in [2.45, 2.75) is 52.4 Å². The maximum Gasteiger partial charge on any atom is 0.163 e. The van der Waals surface area contributed by atoms with Gasteiger partial charge in [0.25, 0.3) is 0 Å². The molecule has 3 aromatic heterocycles. The minimum Gasteiger partial charge on any atom is -0.454 e. The summed E-state index contributed by atoms with van der Waals surface area (Å²) in [5.41, 5.74) is 16.7. The lowest BCUT2D eigenvalue weighted by Crippen LogP contribution is -2.13. The molecule has 0 aliphatic heterocycles. The third-order valence-electron chi connectivity index (χ3n) is 13.6. The highest BCUT2D eigenvalue weighted by Gasteiger charge is 2.30. The largest absolute Gasteiger partial charge is 0.454 e. The second kappa shape index (κ2) is 14.9. The molecule has 12 rings (SSSR count). The Morgan fingerprint density at radius 2 is 0.894 bits per heavy atom. The van der Waals surface area contributed by atoms with Gasteiger partial charge in [-0.3, -0.25) is 0 Å². The summed E-state index contributed by atoms with van der Waals surface area (Å²) in [5.74, 6) is 0. The number of hydrogen-bond donors (Lipinski definition) is 0. The summed E-state index contributed by atoms with van der Waals surface area (Å²) in [6.07, 6.45) is 0. The fourth-order valence-electron chi connectivity index (χ4n) is 10.3. The van der Waals surface area contributed by atoms with Gasteiger partial charge < -0.3 is 18.6 Å². The van der Waals surface area contributed by atoms with Gasteiger partial charge in [0.05, 0.1) is 27.8 Å². The highest BCUT2D eigenvalue weighted by molar-refractivity contribution is 6.34. The van der Waals surface area contributed by atoms with E-state index in [0.717, 1.165) is 78.2 Å². The van der Waals surface area contributed by atoms with Crippen LogP contribution in [-0.4, -0.2) is 4.40 Å². The van der Waals surface area contributed by atoms with Gasteiger partial charge in [-0.05, 0) is 111 Å². The van der Waals surface area contributed by atoms with Crippen molar-refractivity contribution in [3.05, 3.63) is 211 Å². The molecule has 0 bridgehead atoms. The van der Waals surface area contributed by atoms with Gasteiger partial charge in [-0.15, -0.1) is 0 Å². The number of hydrogen-bond acceptors (Lipinski definition) is 3. The number of benzene rings is 9. The van der Waals surface area contributed by atoms with Crippen LogP contribution in [0.2, 0.25) is 0 Å². The van der Waals surface area contributed by atoms with Crippen molar-refractivity contribution in [3.63, 3.8) is 0 Å². The summed E-state index contributed by atoms with van der Waals surface area (Å²) in [5, 5.41) is 6.99. The predicted octanol–water partition coefficient (Wildman–Crippen LogP) is 17.9. The second-order valence-electron chi connectivity index (χ2n) is 19.8. The van der Waals surface area contributed by atoms with E-state index in [2.05, 4.69) is 256 Å². The Morgan fingerprint density at radius 3 is 1.47 bits per heavy atom. The fourth-order valence-corrected chi connectivity index (χ4v) is 10.3. The highest BCUT2D eigenvalue weighted by Crippen LogP contribution is 2.52. The van der Waals surface area contributed by atoms with Gasteiger partial charge in [0, 0.05) is 44.3 Å². The predicted molar refractivity (Wildman–Crippen MR) is 281 cm³/mol. The van der Waals surface area contributed by atoms with E-state index in [0.29, 0.717) is 0 Å². The van der Waals surface area contributed by atoms with E-state index in [1.165, 1.54) is 38.2 Å². The van der Waals surface area contributed by atoms with Gasteiger partial charge in [0.15, 0.2) is 5.58 Å². The number of aromatic nitrogens is 1. The molecule has 0 amide bonds. The standard InChI is InChI=1S/C62H51N3O/c1-61(2,3)42-27-31-46(32-28-42)63(44-20-12-8-13-21-44)52-36-35-50-56-49-25-17-16-24-48(49)53(64(45-22-14-9-15-23-45)47-33-29-43(30-34-47)62(4,5)6)39-54(56)65-58(50)57(52)60-59(65)51-38-41(26-37-55(51)66-60)40-18-10-7-11-19-40/h7-39H,1-6H3. The molecule has 0 atom stereocenters. The van der Waals surface area contributed by atoms with Gasteiger partial charge >= 0.3 is 0 Å². The van der Waals surface area contributed by atoms with Crippen LogP contribution in [-0.2, 0) is 10.8 Å². The summed E-state index contributed by atoms with van der Waals surface area (Å²) in [4.78, 5) is 4.84. The van der Waals surface area contributed by atoms with E-state index in [-0.39, 0.29) is 10.8 Å². The summed E-state index contributed by atoms with van der Waals surface area (Å²) in [6.45, 7) is 13.6. The molecule has 66 heavy (non-hydrogen) atoms. The minimum atomic E-state index is 0.0272. The van der Waals surface area contributed by atoms with Crippen molar-refractivity contribution in [3.8, 4) is 11.1 Å². The Kier molecular flexibility index (Phi) is 8.95. The lowest BCUT2D eigenvalue weighted by molar-refractivity contribution is 0.590. The van der Waals surface area contributed by atoms with Gasteiger partial charge in [0.2, 0.25) is 0 Å². The Morgan fingerprint density at radius 1 is 0.379 bits per heavy atom. The van der Waals surface area contributed by atoms with Crippen LogP contribution in [0.5, 0.6) is 0 Å². The van der Waals surface area contributed by atoms with Crippen LogP contribution in [0, 0.1) is 0 Å². The van der Waals surface area contributed by atoms with Crippen LogP contribution in [0.4, 0.5) is 34.1 Å². The molecule has 9 aromatic carbocycles. The van der Waals surface area contributed by atoms with E-state index >= 15 is 0 Å². The third-order valence-corrected chi connectivity index (χ3v) is 13.6. The van der Waals surface area contributed by atoms with Crippen molar-refractivity contribution < 1.29 is 4.42 Å². The first-order valence-electron chi connectivity index (χ1n) is 23.1. The number of nitrogens with zero attached hydrogens (tertiary/aromatic N) is 3. The van der Waals surface area contributed by atoms with E-state index in [9.17, 15) is 0 Å². The molecule has 0 radical (unpaired) electrons. The highest BCUT2D eigenvalue weighted by atomic mass is 16.3. The Bertz CT molecular complexity index is 3740. The molecule has 4 nitrogen and oxygen atoms in total. The van der Waals surface area contributed by atoms with Crippen molar-refractivity contribution in [1.29, 1.82) is 0 Å². The van der Waals surface area contributed by atoms with Crippen LogP contribution >= 0.6 is 0 Å². The molecule has 0 fully saturated rings. The molecule has 320 valence electrons. The Labute approximate surface area is 385 Å².